The molecule has 0 amide bonds. The van der Waals surface area contributed by atoms with Crippen LogP contribution >= 0.6 is 0 Å². The zero-order chi connectivity index (χ0) is 8.55. The Bertz CT molecular complexity index is 302. The molecule has 1 N–H and O–H groups in total. The number of hydrogen-bond donors (Lipinski definition) is 1. The number of hydrogen-bond acceptors (Lipinski definition) is 2. The van der Waals surface area contributed by atoms with Gasteiger partial charge < -0.3 is 5.11 Å². The molecule has 1 aliphatic rings. The van der Waals surface area contributed by atoms with Crippen LogP contribution in [0, 0.1) is 5.92 Å². The van der Waals surface area contributed by atoms with Crippen molar-refractivity contribution in [2.24, 2.45) is 5.92 Å². The molecule has 0 unspecified atom stereocenters. The minimum atomic E-state index is -0.954. The first-order valence-electron chi connectivity index (χ1n) is 4.02. The third kappa shape index (κ3) is 1.47. The number of carbonyl (C=O) groups is 1. The van der Waals surface area contributed by atoms with Gasteiger partial charge in [-0.1, -0.05) is 0 Å². The van der Waals surface area contributed by atoms with Crippen molar-refractivity contribution in [3.63, 3.8) is 0 Å². The molecular weight excluding hydrogens is 156 g/mol. The molecule has 1 fully saturated rings. The van der Waals surface area contributed by atoms with Gasteiger partial charge >= 0.3 is 5.97 Å². The maximum Gasteiger partial charge on any atom is 0.356 e. The Morgan fingerprint density at radius 2 is 2.50 bits per heavy atom. The molecule has 1 saturated carbocycles. The summed E-state index contributed by atoms with van der Waals surface area (Å²) in [6.45, 7) is 0.868. The Balaban J connectivity index is 2.06. The lowest BCUT2D eigenvalue weighted by Crippen LogP contribution is -2.03. The standard InChI is InChI=1S/C8H10N2O2/c11-8(12)7-3-4-10(9-7)5-6-1-2-6/h3-4,6H,1-2,5H2,(H,11,12). The van der Waals surface area contributed by atoms with Crippen molar-refractivity contribution in [2.75, 3.05) is 0 Å². The number of carboxylic acids is 1. The molecule has 0 aromatic carbocycles. The van der Waals surface area contributed by atoms with Crippen LogP contribution in [0.1, 0.15) is 23.3 Å². The van der Waals surface area contributed by atoms with Crippen LogP contribution in [0.5, 0.6) is 0 Å². The SMILES string of the molecule is O=C(O)c1ccn(CC2CC2)n1. The van der Waals surface area contributed by atoms with E-state index in [1.165, 1.54) is 18.9 Å². The zero-order valence-corrected chi connectivity index (χ0v) is 6.60. The number of rotatable bonds is 3. The molecule has 1 aromatic rings. The van der Waals surface area contributed by atoms with Gasteiger partial charge in [-0.15, -0.1) is 0 Å². The lowest BCUT2D eigenvalue weighted by atomic mass is 10.4. The first kappa shape index (κ1) is 7.34. The average molecular weight is 166 g/mol. The first-order chi connectivity index (χ1) is 5.75. The molecule has 4 nitrogen and oxygen atoms in total. The van der Waals surface area contributed by atoms with Gasteiger partial charge in [0.1, 0.15) is 0 Å². The average Bonchev–Trinajstić information content (AvgIpc) is 2.66. The van der Waals surface area contributed by atoms with Gasteiger partial charge in [0.15, 0.2) is 5.69 Å². The fourth-order valence-electron chi connectivity index (χ4n) is 1.14. The van der Waals surface area contributed by atoms with Crippen molar-refractivity contribution in [1.82, 2.24) is 9.78 Å². The molecule has 1 aromatic heterocycles. The lowest BCUT2D eigenvalue weighted by molar-refractivity contribution is 0.0689. The van der Waals surface area contributed by atoms with E-state index in [9.17, 15) is 4.79 Å². The Morgan fingerprint density at radius 1 is 1.75 bits per heavy atom. The van der Waals surface area contributed by atoms with Crippen molar-refractivity contribution in [1.29, 1.82) is 0 Å². The van der Waals surface area contributed by atoms with Crippen molar-refractivity contribution >= 4 is 5.97 Å². The summed E-state index contributed by atoms with van der Waals surface area (Å²) >= 11 is 0. The van der Waals surface area contributed by atoms with Crippen molar-refractivity contribution in [3.8, 4) is 0 Å². The van der Waals surface area contributed by atoms with Crippen molar-refractivity contribution < 1.29 is 9.90 Å². The van der Waals surface area contributed by atoms with Crippen LogP contribution in [0.4, 0.5) is 0 Å². The minimum absolute atomic E-state index is 0.135. The summed E-state index contributed by atoms with van der Waals surface area (Å²) in [5, 5.41) is 12.5. The summed E-state index contributed by atoms with van der Waals surface area (Å²) in [6, 6.07) is 1.53. The summed E-state index contributed by atoms with van der Waals surface area (Å²) in [6.07, 6.45) is 4.23. The molecule has 0 bridgehead atoms. The molecule has 1 heterocycles. The topological polar surface area (TPSA) is 55.1 Å². The summed E-state index contributed by atoms with van der Waals surface area (Å²) in [4.78, 5) is 10.4. The highest BCUT2D eigenvalue weighted by molar-refractivity contribution is 5.84. The van der Waals surface area contributed by atoms with E-state index in [4.69, 9.17) is 5.11 Å². The Labute approximate surface area is 69.8 Å². The first-order valence-corrected chi connectivity index (χ1v) is 4.02. The highest BCUT2D eigenvalue weighted by Crippen LogP contribution is 2.30. The third-order valence-electron chi connectivity index (χ3n) is 2.00. The minimum Gasteiger partial charge on any atom is -0.476 e. The maximum absolute atomic E-state index is 10.4. The summed E-state index contributed by atoms with van der Waals surface area (Å²) in [5.74, 6) is -0.226. The van der Waals surface area contributed by atoms with Crippen molar-refractivity contribution in [2.45, 2.75) is 19.4 Å². The second-order valence-electron chi connectivity index (χ2n) is 3.17. The van der Waals surface area contributed by atoms with E-state index >= 15 is 0 Å². The van der Waals surface area contributed by atoms with E-state index in [0.29, 0.717) is 0 Å². The van der Waals surface area contributed by atoms with E-state index in [0.717, 1.165) is 12.5 Å². The van der Waals surface area contributed by atoms with Gasteiger partial charge in [0.25, 0.3) is 0 Å². The quantitative estimate of drug-likeness (QED) is 0.728. The predicted molar refractivity (Wildman–Crippen MR) is 41.9 cm³/mol. The second kappa shape index (κ2) is 2.62. The van der Waals surface area contributed by atoms with E-state index in [1.54, 1.807) is 10.9 Å². The normalized spacial score (nSPS) is 16.3. The van der Waals surface area contributed by atoms with Crippen LogP contribution in [0.15, 0.2) is 12.3 Å². The number of aromatic nitrogens is 2. The number of carboxylic acid groups (broad SMARTS) is 1. The van der Waals surface area contributed by atoms with Crippen LogP contribution in [0.2, 0.25) is 0 Å². The van der Waals surface area contributed by atoms with Gasteiger partial charge in [-0.25, -0.2) is 4.79 Å². The summed E-state index contributed by atoms with van der Waals surface area (Å²) < 4.78 is 1.71. The van der Waals surface area contributed by atoms with Gasteiger partial charge in [0.2, 0.25) is 0 Å². The molecule has 0 spiro atoms. The van der Waals surface area contributed by atoms with E-state index < -0.39 is 5.97 Å². The highest BCUT2D eigenvalue weighted by Gasteiger charge is 2.22. The lowest BCUT2D eigenvalue weighted by Gasteiger charge is -1.95. The molecule has 4 heteroatoms. The molecule has 64 valence electrons. The fraction of sp³-hybridized carbons (Fsp3) is 0.500. The van der Waals surface area contributed by atoms with Gasteiger partial charge in [0.05, 0.1) is 0 Å². The second-order valence-corrected chi connectivity index (χ2v) is 3.17. The summed E-state index contributed by atoms with van der Waals surface area (Å²) in [7, 11) is 0. The smallest absolute Gasteiger partial charge is 0.356 e. The van der Waals surface area contributed by atoms with Crippen LogP contribution in [-0.4, -0.2) is 20.9 Å². The number of nitrogens with zero attached hydrogens (tertiary/aromatic N) is 2. The Hall–Kier alpha value is -1.32. The zero-order valence-electron chi connectivity index (χ0n) is 6.60. The van der Waals surface area contributed by atoms with E-state index in [1.807, 2.05) is 0 Å². The van der Waals surface area contributed by atoms with Crippen LogP contribution in [0.3, 0.4) is 0 Å². The molecule has 0 saturated heterocycles. The van der Waals surface area contributed by atoms with Gasteiger partial charge in [-0.2, -0.15) is 5.10 Å². The summed E-state index contributed by atoms with van der Waals surface area (Å²) in [5.41, 5.74) is 0.135. The van der Waals surface area contributed by atoms with Crippen molar-refractivity contribution in [3.05, 3.63) is 18.0 Å². The van der Waals surface area contributed by atoms with E-state index in [-0.39, 0.29) is 5.69 Å². The van der Waals surface area contributed by atoms with Crippen LogP contribution in [-0.2, 0) is 6.54 Å². The van der Waals surface area contributed by atoms with Gasteiger partial charge in [0, 0.05) is 12.7 Å². The number of aromatic carboxylic acids is 1. The maximum atomic E-state index is 10.4. The molecule has 0 radical (unpaired) electrons. The molecule has 2 rings (SSSR count). The van der Waals surface area contributed by atoms with E-state index in [2.05, 4.69) is 5.10 Å². The van der Waals surface area contributed by atoms with Crippen LogP contribution < -0.4 is 0 Å². The van der Waals surface area contributed by atoms with Crippen LogP contribution in [0.25, 0.3) is 0 Å². The highest BCUT2D eigenvalue weighted by atomic mass is 16.4. The monoisotopic (exact) mass is 166 g/mol. The van der Waals surface area contributed by atoms with Gasteiger partial charge in [-0.05, 0) is 24.8 Å². The fourth-order valence-corrected chi connectivity index (χ4v) is 1.14. The van der Waals surface area contributed by atoms with Gasteiger partial charge in [-0.3, -0.25) is 4.68 Å². The predicted octanol–water partition coefficient (Wildman–Crippen LogP) is 0.991. The molecule has 0 aliphatic heterocycles. The molecular formula is C8H10N2O2. The Morgan fingerprint density at radius 3 is 3.00 bits per heavy atom. The molecule has 12 heavy (non-hydrogen) atoms. The molecule has 0 atom stereocenters. The third-order valence-corrected chi connectivity index (χ3v) is 2.00. The largest absolute Gasteiger partial charge is 0.476 e. The molecule has 1 aliphatic carbocycles. The Kier molecular flexibility index (Phi) is 1.60.